The average Bonchev–Trinajstić information content (AvgIpc) is 2.38. The molecule has 1 nitrogen and oxygen atoms in total. The van der Waals surface area contributed by atoms with E-state index in [9.17, 15) is 0 Å². The summed E-state index contributed by atoms with van der Waals surface area (Å²) in [5, 5.41) is 4.80. The van der Waals surface area contributed by atoms with Gasteiger partial charge in [0.1, 0.15) is 0 Å². The summed E-state index contributed by atoms with van der Waals surface area (Å²) in [5.41, 5.74) is 2.30. The van der Waals surface area contributed by atoms with Crippen LogP contribution in [0.25, 0.3) is 0 Å². The molecule has 4 heteroatoms. The van der Waals surface area contributed by atoms with E-state index in [2.05, 4.69) is 29.6 Å². The van der Waals surface area contributed by atoms with Gasteiger partial charge in [-0.1, -0.05) is 59.6 Å². The van der Waals surface area contributed by atoms with Crippen LogP contribution in [0.2, 0.25) is 10.0 Å². The van der Waals surface area contributed by atoms with Gasteiger partial charge in [0.15, 0.2) is 0 Å². The third kappa shape index (κ3) is 5.04. The highest BCUT2D eigenvalue weighted by atomic mass is 35.5. The van der Waals surface area contributed by atoms with E-state index in [1.807, 2.05) is 24.3 Å². The van der Waals surface area contributed by atoms with Gasteiger partial charge in [0.2, 0.25) is 0 Å². The van der Waals surface area contributed by atoms with Gasteiger partial charge in [-0.25, -0.2) is 0 Å². The molecule has 0 bridgehead atoms. The Labute approximate surface area is 130 Å². The molecule has 0 saturated carbocycles. The van der Waals surface area contributed by atoms with Crippen LogP contribution in [0.4, 0.5) is 0 Å². The highest BCUT2D eigenvalue weighted by molar-refractivity contribution is 6.35. The molecule has 2 aromatic carbocycles. The number of rotatable bonds is 5. The Bertz CT molecular complexity index is 480. The van der Waals surface area contributed by atoms with E-state index >= 15 is 0 Å². The fourth-order valence-electron chi connectivity index (χ4n) is 1.79. The van der Waals surface area contributed by atoms with Gasteiger partial charge in [0.05, 0.1) is 0 Å². The summed E-state index contributed by atoms with van der Waals surface area (Å²) in [4.78, 5) is 0. The lowest BCUT2D eigenvalue weighted by atomic mass is 10.1. The minimum Gasteiger partial charge on any atom is -0.312 e. The minimum absolute atomic E-state index is 0. The van der Waals surface area contributed by atoms with E-state index in [4.69, 9.17) is 23.2 Å². The molecule has 0 saturated heterocycles. The van der Waals surface area contributed by atoms with Crippen LogP contribution >= 0.6 is 35.6 Å². The van der Waals surface area contributed by atoms with Crippen LogP contribution in [0.1, 0.15) is 11.1 Å². The molecule has 1 N–H and O–H groups in total. The number of hydrogen-bond acceptors (Lipinski definition) is 1. The minimum atomic E-state index is 0. The molecule has 0 aromatic heterocycles. The molecule has 0 fully saturated rings. The van der Waals surface area contributed by atoms with E-state index < -0.39 is 0 Å². The highest BCUT2D eigenvalue weighted by Crippen LogP contribution is 2.23. The molecule has 0 aliphatic rings. The lowest BCUT2D eigenvalue weighted by molar-refractivity contribution is 0.687. The number of benzene rings is 2. The van der Waals surface area contributed by atoms with Crippen LogP contribution < -0.4 is 5.32 Å². The average molecular weight is 317 g/mol. The van der Waals surface area contributed by atoms with E-state index in [0.29, 0.717) is 6.54 Å². The van der Waals surface area contributed by atoms with Crippen LogP contribution in [-0.2, 0) is 13.0 Å². The first-order valence-corrected chi connectivity index (χ1v) is 6.70. The predicted molar refractivity (Wildman–Crippen MR) is 85.6 cm³/mol. The molecule has 0 aliphatic heterocycles. The fourth-order valence-corrected chi connectivity index (χ4v) is 2.32. The van der Waals surface area contributed by atoms with Crippen LogP contribution in [-0.4, -0.2) is 6.54 Å². The molecular weight excluding hydrogens is 301 g/mol. The zero-order valence-corrected chi connectivity index (χ0v) is 12.7. The first-order valence-electron chi connectivity index (χ1n) is 5.95. The molecule has 0 atom stereocenters. The van der Waals surface area contributed by atoms with Crippen molar-refractivity contribution < 1.29 is 0 Å². The van der Waals surface area contributed by atoms with Gasteiger partial charge in [-0.15, -0.1) is 12.4 Å². The van der Waals surface area contributed by atoms with Crippen LogP contribution in [0.5, 0.6) is 0 Å². The molecule has 2 rings (SSSR count). The number of halogens is 3. The summed E-state index contributed by atoms with van der Waals surface area (Å²) in [5.74, 6) is 0. The summed E-state index contributed by atoms with van der Waals surface area (Å²) in [6.07, 6.45) is 1.00. The third-order valence-electron chi connectivity index (χ3n) is 2.80. The quantitative estimate of drug-likeness (QED) is 0.785. The predicted octanol–water partition coefficient (Wildman–Crippen LogP) is 4.75. The second kappa shape index (κ2) is 8.44. The SMILES string of the molecule is Cl.Clc1cccc(Cl)c1CNCCc1ccccc1. The maximum atomic E-state index is 6.10. The van der Waals surface area contributed by atoms with E-state index in [0.717, 1.165) is 28.6 Å². The molecule has 0 spiro atoms. The van der Waals surface area contributed by atoms with Crippen molar-refractivity contribution in [3.8, 4) is 0 Å². The van der Waals surface area contributed by atoms with Crippen molar-refractivity contribution in [3.63, 3.8) is 0 Å². The van der Waals surface area contributed by atoms with Crippen molar-refractivity contribution in [1.29, 1.82) is 0 Å². The molecule has 2 aromatic rings. The molecule has 102 valence electrons. The van der Waals surface area contributed by atoms with E-state index in [1.54, 1.807) is 0 Å². The zero-order valence-electron chi connectivity index (χ0n) is 10.4. The van der Waals surface area contributed by atoms with Crippen LogP contribution in [0.15, 0.2) is 48.5 Å². The number of nitrogens with one attached hydrogen (secondary N) is 1. The summed E-state index contributed by atoms with van der Waals surface area (Å²) >= 11 is 12.2. The van der Waals surface area contributed by atoms with E-state index in [1.165, 1.54) is 5.56 Å². The zero-order chi connectivity index (χ0) is 12.8. The largest absolute Gasteiger partial charge is 0.312 e. The summed E-state index contributed by atoms with van der Waals surface area (Å²) in [6, 6.07) is 16.0. The Morgan fingerprint density at radius 3 is 2.11 bits per heavy atom. The summed E-state index contributed by atoms with van der Waals surface area (Å²) in [7, 11) is 0. The smallest absolute Gasteiger partial charge is 0.0465 e. The Hall–Kier alpha value is -0.730. The van der Waals surface area contributed by atoms with Crippen molar-refractivity contribution in [1.82, 2.24) is 5.32 Å². The van der Waals surface area contributed by atoms with Gasteiger partial charge in [-0.2, -0.15) is 0 Å². The van der Waals surface area contributed by atoms with Gasteiger partial charge in [-0.05, 0) is 30.7 Å². The van der Waals surface area contributed by atoms with Crippen molar-refractivity contribution in [2.75, 3.05) is 6.54 Å². The van der Waals surface area contributed by atoms with Crippen molar-refractivity contribution in [2.45, 2.75) is 13.0 Å². The fraction of sp³-hybridized carbons (Fsp3) is 0.200. The molecule has 0 radical (unpaired) electrons. The van der Waals surface area contributed by atoms with E-state index in [-0.39, 0.29) is 12.4 Å². The maximum Gasteiger partial charge on any atom is 0.0465 e. The van der Waals surface area contributed by atoms with Gasteiger partial charge >= 0.3 is 0 Å². The standard InChI is InChI=1S/C15H15Cl2N.ClH/c16-14-7-4-8-15(17)13(14)11-18-10-9-12-5-2-1-3-6-12;/h1-8,18H,9-11H2;1H. The van der Waals surface area contributed by atoms with Gasteiger partial charge < -0.3 is 5.32 Å². The molecule has 0 heterocycles. The Kier molecular flexibility index (Phi) is 7.25. The molecule has 19 heavy (non-hydrogen) atoms. The summed E-state index contributed by atoms with van der Waals surface area (Å²) < 4.78 is 0. The topological polar surface area (TPSA) is 12.0 Å². The van der Waals surface area contributed by atoms with Crippen molar-refractivity contribution in [3.05, 3.63) is 69.7 Å². The van der Waals surface area contributed by atoms with Crippen LogP contribution in [0, 0.1) is 0 Å². The third-order valence-corrected chi connectivity index (χ3v) is 3.50. The van der Waals surface area contributed by atoms with Gasteiger partial charge in [0, 0.05) is 22.2 Å². The maximum absolute atomic E-state index is 6.10. The van der Waals surface area contributed by atoms with Crippen molar-refractivity contribution in [2.24, 2.45) is 0 Å². The highest BCUT2D eigenvalue weighted by Gasteiger charge is 2.04. The first-order chi connectivity index (χ1) is 8.77. The van der Waals surface area contributed by atoms with Gasteiger partial charge in [-0.3, -0.25) is 0 Å². The monoisotopic (exact) mass is 315 g/mol. The molecule has 0 unspecified atom stereocenters. The van der Waals surface area contributed by atoms with Crippen LogP contribution in [0.3, 0.4) is 0 Å². The number of hydrogen-bond donors (Lipinski definition) is 1. The lowest BCUT2D eigenvalue weighted by Crippen LogP contribution is -2.17. The molecular formula is C15H16Cl3N. The van der Waals surface area contributed by atoms with Gasteiger partial charge in [0.25, 0.3) is 0 Å². The second-order valence-electron chi connectivity index (χ2n) is 4.11. The Balaban J connectivity index is 0.00000180. The normalized spacial score (nSPS) is 10.0. The van der Waals surface area contributed by atoms with Crippen molar-refractivity contribution >= 4 is 35.6 Å². The lowest BCUT2D eigenvalue weighted by Gasteiger charge is -2.08. The second-order valence-corrected chi connectivity index (χ2v) is 4.93. The first kappa shape index (κ1) is 16.3. The molecule has 0 aliphatic carbocycles. The Morgan fingerprint density at radius 2 is 1.47 bits per heavy atom. The Morgan fingerprint density at radius 1 is 0.842 bits per heavy atom. The molecule has 0 amide bonds. The summed E-state index contributed by atoms with van der Waals surface area (Å²) in [6.45, 7) is 1.61.